The van der Waals surface area contributed by atoms with E-state index in [0.29, 0.717) is 19.1 Å². The summed E-state index contributed by atoms with van der Waals surface area (Å²) in [5.41, 5.74) is 1.33. The van der Waals surface area contributed by atoms with Crippen molar-refractivity contribution in [2.75, 3.05) is 32.8 Å². The Balaban J connectivity index is 1.82. The fraction of sp³-hybridized carbons (Fsp3) is 0.526. The molecule has 1 aliphatic rings. The van der Waals surface area contributed by atoms with E-state index in [2.05, 4.69) is 48.0 Å². The van der Waals surface area contributed by atoms with Gasteiger partial charge < -0.3 is 15.3 Å². The zero-order valence-corrected chi connectivity index (χ0v) is 14.5. The number of carbonyl (C=O) groups is 1. The number of hydrogen-bond donors (Lipinski definition) is 2. The lowest BCUT2D eigenvalue weighted by Gasteiger charge is -2.37. The summed E-state index contributed by atoms with van der Waals surface area (Å²) in [6.45, 7) is 8.60. The maximum absolute atomic E-state index is 12.3. The van der Waals surface area contributed by atoms with E-state index in [1.165, 1.54) is 5.56 Å². The molecule has 1 aliphatic heterocycles. The Morgan fingerprint density at radius 1 is 1.42 bits per heavy atom. The summed E-state index contributed by atoms with van der Waals surface area (Å²) in [6, 6.07) is 11.0. The van der Waals surface area contributed by atoms with Crippen LogP contribution in [0.4, 0.5) is 4.79 Å². The van der Waals surface area contributed by atoms with Crippen LogP contribution in [0.25, 0.3) is 0 Å². The van der Waals surface area contributed by atoms with E-state index in [1.54, 1.807) is 11.0 Å². The normalized spacial score (nSPS) is 17.2. The first-order valence-electron chi connectivity index (χ1n) is 8.72. The third-order valence-corrected chi connectivity index (χ3v) is 4.69. The number of hydrogen-bond acceptors (Lipinski definition) is 3. The molecule has 0 bridgehead atoms. The number of urea groups is 1. The Morgan fingerprint density at radius 2 is 2.08 bits per heavy atom. The van der Waals surface area contributed by atoms with Gasteiger partial charge in [0.15, 0.2) is 0 Å². The Kier molecular flexibility index (Phi) is 7.28. The third kappa shape index (κ3) is 5.08. The van der Waals surface area contributed by atoms with Crippen molar-refractivity contribution in [1.29, 1.82) is 0 Å². The van der Waals surface area contributed by atoms with Crippen molar-refractivity contribution in [3.63, 3.8) is 0 Å². The molecule has 2 amide bonds. The van der Waals surface area contributed by atoms with E-state index in [1.807, 2.05) is 6.07 Å². The molecule has 1 unspecified atom stereocenters. The van der Waals surface area contributed by atoms with Crippen LogP contribution in [0.2, 0.25) is 0 Å². The molecule has 0 aromatic heterocycles. The highest BCUT2D eigenvalue weighted by Crippen LogP contribution is 2.24. The molecule has 132 valence electrons. The molecule has 2 rings (SSSR count). The van der Waals surface area contributed by atoms with Crippen LogP contribution in [0.1, 0.15) is 31.4 Å². The van der Waals surface area contributed by atoms with Gasteiger partial charge in [0.1, 0.15) is 0 Å². The fourth-order valence-corrected chi connectivity index (χ4v) is 3.19. The number of carbonyl (C=O) groups excluding carboxylic acids is 1. The summed E-state index contributed by atoms with van der Waals surface area (Å²) in [7, 11) is 0. The first-order valence-corrected chi connectivity index (χ1v) is 8.72. The lowest BCUT2D eigenvalue weighted by molar-refractivity contribution is 0.143. The van der Waals surface area contributed by atoms with Gasteiger partial charge in [0.05, 0.1) is 6.61 Å². The molecule has 0 aliphatic carbocycles. The van der Waals surface area contributed by atoms with E-state index < -0.39 is 0 Å². The monoisotopic (exact) mass is 331 g/mol. The number of piperidine rings is 1. The van der Waals surface area contributed by atoms with Gasteiger partial charge in [-0.15, -0.1) is 6.58 Å². The summed E-state index contributed by atoms with van der Waals surface area (Å²) in [6.07, 6.45) is 3.58. The van der Waals surface area contributed by atoms with Crippen molar-refractivity contribution >= 4 is 6.03 Å². The summed E-state index contributed by atoms with van der Waals surface area (Å²) >= 11 is 0. The maximum atomic E-state index is 12.3. The lowest BCUT2D eigenvalue weighted by Crippen LogP contribution is -2.50. The quantitative estimate of drug-likeness (QED) is 0.755. The molecule has 1 aromatic carbocycles. The molecule has 1 saturated heterocycles. The van der Waals surface area contributed by atoms with Gasteiger partial charge in [-0.05, 0) is 25.3 Å². The fourth-order valence-electron chi connectivity index (χ4n) is 3.19. The minimum absolute atomic E-state index is 0.0334. The number of nitrogens with one attached hydrogen (secondary N) is 1. The topological polar surface area (TPSA) is 55.8 Å². The van der Waals surface area contributed by atoms with Gasteiger partial charge in [0, 0.05) is 38.3 Å². The van der Waals surface area contributed by atoms with Crippen LogP contribution in [0.3, 0.4) is 0 Å². The van der Waals surface area contributed by atoms with Crippen LogP contribution in [-0.2, 0) is 0 Å². The number of rotatable bonds is 7. The van der Waals surface area contributed by atoms with E-state index >= 15 is 0 Å². The van der Waals surface area contributed by atoms with E-state index in [-0.39, 0.29) is 18.7 Å². The van der Waals surface area contributed by atoms with Gasteiger partial charge in [-0.1, -0.05) is 36.4 Å². The van der Waals surface area contributed by atoms with E-state index in [4.69, 9.17) is 5.11 Å². The minimum atomic E-state index is -0.112. The highest BCUT2D eigenvalue weighted by atomic mass is 16.3. The number of amides is 2. The molecular weight excluding hydrogens is 302 g/mol. The minimum Gasteiger partial charge on any atom is -0.395 e. The maximum Gasteiger partial charge on any atom is 0.317 e. The standard InChI is InChI=1S/C19H29N3O2/c1-3-11-22(14-15-23)19(24)20-18-9-12-21(13-10-18)16(2)17-7-5-4-6-8-17/h3-8,16,18,23H,1,9-15H2,2H3,(H,20,24). The number of benzene rings is 1. The van der Waals surface area contributed by atoms with Crippen molar-refractivity contribution in [2.45, 2.75) is 31.8 Å². The summed E-state index contributed by atoms with van der Waals surface area (Å²) < 4.78 is 0. The van der Waals surface area contributed by atoms with E-state index in [9.17, 15) is 4.79 Å². The van der Waals surface area contributed by atoms with Gasteiger partial charge in [0.25, 0.3) is 0 Å². The third-order valence-electron chi connectivity index (χ3n) is 4.69. The molecule has 0 saturated carbocycles. The van der Waals surface area contributed by atoms with Crippen LogP contribution >= 0.6 is 0 Å². The molecule has 1 heterocycles. The smallest absolute Gasteiger partial charge is 0.317 e. The number of likely N-dealkylation sites (tertiary alicyclic amines) is 1. The first-order chi connectivity index (χ1) is 11.7. The summed E-state index contributed by atoms with van der Waals surface area (Å²) in [5.74, 6) is 0. The number of aliphatic hydroxyl groups excluding tert-OH is 1. The predicted octanol–water partition coefficient (Wildman–Crippen LogP) is 2.40. The van der Waals surface area contributed by atoms with E-state index in [0.717, 1.165) is 25.9 Å². The van der Waals surface area contributed by atoms with Crippen molar-refractivity contribution in [1.82, 2.24) is 15.1 Å². The molecule has 24 heavy (non-hydrogen) atoms. The van der Waals surface area contributed by atoms with Crippen molar-refractivity contribution in [2.24, 2.45) is 0 Å². The molecule has 0 radical (unpaired) electrons. The van der Waals surface area contributed by atoms with Gasteiger partial charge in [-0.3, -0.25) is 4.90 Å². The van der Waals surface area contributed by atoms with Crippen molar-refractivity contribution in [3.8, 4) is 0 Å². The van der Waals surface area contributed by atoms with Crippen LogP contribution in [0, 0.1) is 0 Å². The average molecular weight is 331 g/mol. The highest BCUT2D eigenvalue weighted by molar-refractivity contribution is 5.74. The molecule has 1 aromatic rings. The second kappa shape index (κ2) is 9.45. The van der Waals surface area contributed by atoms with Gasteiger partial charge in [0.2, 0.25) is 0 Å². The molecule has 1 fully saturated rings. The molecule has 5 heteroatoms. The molecule has 5 nitrogen and oxygen atoms in total. The van der Waals surface area contributed by atoms with Gasteiger partial charge >= 0.3 is 6.03 Å². The van der Waals surface area contributed by atoms with Crippen molar-refractivity contribution < 1.29 is 9.90 Å². The SMILES string of the molecule is C=CCN(CCO)C(=O)NC1CCN(C(C)c2ccccc2)CC1. The second-order valence-electron chi connectivity index (χ2n) is 6.30. The molecule has 0 spiro atoms. The van der Waals surface area contributed by atoms with Gasteiger partial charge in [-0.2, -0.15) is 0 Å². The molecular formula is C19H29N3O2. The molecule has 1 atom stereocenters. The van der Waals surface area contributed by atoms with Crippen molar-refractivity contribution in [3.05, 3.63) is 48.6 Å². The lowest BCUT2D eigenvalue weighted by atomic mass is 10.0. The Bertz CT molecular complexity index is 513. The Hall–Kier alpha value is -1.85. The Labute approximate surface area is 145 Å². The van der Waals surface area contributed by atoms with Gasteiger partial charge in [-0.25, -0.2) is 4.79 Å². The van der Waals surface area contributed by atoms with Crippen LogP contribution in [0.15, 0.2) is 43.0 Å². The summed E-state index contributed by atoms with van der Waals surface area (Å²) in [4.78, 5) is 16.3. The number of nitrogens with zero attached hydrogens (tertiary/aromatic N) is 2. The average Bonchev–Trinajstić information content (AvgIpc) is 2.62. The molecule has 2 N–H and O–H groups in total. The Morgan fingerprint density at radius 3 is 2.67 bits per heavy atom. The zero-order chi connectivity index (χ0) is 17.4. The second-order valence-corrected chi connectivity index (χ2v) is 6.30. The first kappa shape index (κ1) is 18.5. The predicted molar refractivity (Wildman–Crippen MR) is 96.8 cm³/mol. The largest absolute Gasteiger partial charge is 0.395 e. The van der Waals surface area contributed by atoms with Crippen LogP contribution < -0.4 is 5.32 Å². The highest BCUT2D eigenvalue weighted by Gasteiger charge is 2.25. The summed E-state index contributed by atoms with van der Waals surface area (Å²) in [5, 5.41) is 12.1. The van der Waals surface area contributed by atoms with Crippen LogP contribution in [0.5, 0.6) is 0 Å². The number of aliphatic hydroxyl groups is 1. The van der Waals surface area contributed by atoms with Crippen LogP contribution in [-0.4, -0.2) is 59.8 Å². The zero-order valence-electron chi connectivity index (χ0n) is 14.5.